The minimum Gasteiger partial charge on any atom is -0.355 e. The Labute approximate surface area is 133 Å². The molecule has 0 aromatic heterocycles. The molecule has 0 bridgehead atoms. The van der Waals surface area contributed by atoms with E-state index in [2.05, 4.69) is 22.3 Å². The lowest BCUT2D eigenvalue weighted by Crippen LogP contribution is -2.35. The van der Waals surface area contributed by atoms with Gasteiger partial charge in [-0.15, -0.1) is 24.8 Å². The maximum atomic E-state index is 11.4. The SMILES string of the molecule is CC(N)CC(=O)NCCN(C)Cc1ccccc1.Cl.Cl. The van der Waals surface area contributed by atoms with Crippen LogP contribution < -0.4 is 11.1 Å². The van der Waals surface area contributed by atoms with Gasteiger partial charge in [-0.05, 0) is 19.5 Å². The molecule has 4 nitrogen and oxygen atoms in total. The van der Waals surface area contributed by atoms with E-state index >= 15 is 0 Å². The number of hydrogen-bond acceptors (Lipinski definition) is 3. The van der Waals surface area contributed by atoms with E-state index < -0.39 is 0 Å². The molecule has 1 atom stereocenters. The summed E-state index contributed by atoms with van der Waals surface area (Å²) in [5.74, 6) is 0.0260. The average molecular weight is 322 g/mol. The van der Waals surface area contributed by atoms with Crippen molar-refractivity contribution in [3.63, 3.8) is 0 Å². The zero-order valence-corrected chi connectivity index (χ0v) is 13.7. The number of likely N-dealkylation sites (N-methyl/N-ethyl adjacent to an activating group) is 1. The molecule has 116 valence electrons. The van der Waals surface area contributed by atoms with Crippen LogP contribution in [0.2, 0.25) is 0 Å². The molecule has 3 N–H and O–H groups in total. The Balaban J connectivity index is 0. The van der Waals surface area contributed by atoms with E-state index in [1.165, 1.54) is 5.56 Å². The Morgan fingerprint density at radius 1 is 1.30 bits per heavy atom. The van der Waals surface area contributed by atoms with Gasteiger partial charge in [0.25, 0.3) is 0 Å². The van der Waals surface area contributed by atoms with E-state index in [1.807, 2.05) is 32.2 Å². The van der Waals surface area contributed by atoms with Crippen LogP contribution in [0.4, 0.5) is 0 Å². The number of halogens is 2. The predicted octanol–water partition coefficient (Wildman–Crippen LogP) is 1.82. The number of nitrogens with one attached hydrogen (secondary N) is 1. The summed E-state index contributed by atoms with van der Waals surface area (Å²) in [5.41, 5.74) is 6.84. The Morgan fingerprint density at radius 3 is 2.45 bits per heavy atom. The van der Waals surface area contributed by atoms with Gasteiger partial charge in [0, 0.05) is 32.1 Å². The van der Waals surface area contributed by atoms with Crippen molar-refractivity contribution in [1.29, 1.82) is 0 Å². The molecule has 0 heterocycles. The summed E-state index contributed by atoms with van der Waals surface area (Å²) < 4.78 is 0. The van der Waals surface area contributed by atoms with Gasteiger partial charge < -0.3 is 16.0 Å². The lowest BCUT2D eigenvalue weighted by molar-refractivity contribution is -0.121. The first-order valence-corrected chi connectivity index (χ1v) is 6.32. The highest BCUT2D eigenvalue weighted by Gasteiger charge is 2.05. The quantitative estimate of drug-likeness (QED) is 0.805. The summed E-state index contributed by atoms with van der Waals surface area (Å²) in [4.78, 5) is 13.6. The van der Waals surface area contributed by atoms with Crippen LogP contribution in [0.25, 0.3) is 0 Å². The van der Waals surface area contributed by atoms with Gasteiger partial charge in [0.05, 0.1) is 0 Å². The Bertz CT molecular complexity index is 361. The molecule has 20 heavy (non-hydrogen) atoms. The molecule has 1 unspecified atom stereocenters. The fraction of sp³-hybridized carbons (Fsp3) is 0.500. The van der Waals surface area contributed by atoms with Gasteiger partial charge in [0.2, 0.25) is 5.91 Å². The topological polar surface area (TPSA) is 58.4 Å². The molecular weight excluding hydrogens is 297 g/mol. The van der Waals surface area contributed by atoms with Gasteiger partial charge in [0.1, 0.15) is 0 Å². The summed E-state index contributed by atoms with van der Waals surface area (Å²) in [7, 11) is 2.05. The third-order valence-electron chi connectivity index (χ3n) is 2.62. The van der Waals surface area contributed by atoms with Gasteiger partial charge in [-0.3, -0.25) is 4.79 Å². The van der Waals surface area contributed by atoms with Crippen molar-refractivity contribution in [2.24, 2.45) is 5.73 Å². The first-order valence-electron chi connectivity index (χ1n) is 6.32. The van der Waals surface area contributed by atoms with Crippen LogP contribution in [0.15, 0.2) is 30.3 Å². The Kier molecular flexibility index (Phi) is 12.9. The fourth-order valence-corrected chi connectivity index (χ4v) is 1.72. The van der Waals surface area contributed by atoms with Crippen molar-refractivity contribution in [2.75, 3.05) is 20.1 Å². The summed E-state index contributed by atoms with van der Waals surface area (Å²) in [6.45, 7) is 4.22. The van der Waals surface area contributed by atoms with E-state index in [1.54, 1.807) is 0 Å². The molecule has 1 aromatic rings. The van der Waals surface area contributed by atoms with E-state index in [-0.39, 0.29) is 36.8 Å². The fourth-order valence-electron chi connectivity index (χ4n) is 1.72. The van der Waals surface area contributed by atoms with Crippen molar-refractivity contribution in [2.45, 2.75) is 25.9 Å². The van der Waals surface area contributed by atoms with Gasteiger partial charge in [-0.25, -0.2) is 0 Å². The molecule has 0 spiro atoms. The van der Waals surface area contributed by atoms with E-state index in [0.717, 1.165) is 13.1 Å². The van der Waals surface area contributed by atoms with Crippen molar-refractivity contribution >= 4 is 30.7 Å². The molecule has 0 saturated heterocycles. The van der Waals surface area contributed by atoms with Crippen LogP contribution in [0.3, 0.4) is 0 Å². The number of benzene rings is 1. The van der Waals surface area contributed by atoms with Crippen molar-refractivity contribution in [3.8, 4) is 0 Å². The van der Waals surface area contributed by atoms with Crippen molar-refractivity contribution < 1.29 is 4.79 Å². The number of hydrogen-bond donors (Lipinski definition) is 2. The first-order chi connectivity index (χ1) is 8.58. The molecule has 0 aliphatic carbocycles. The smallest absolute Gasteiger partial charge is 0.221 e. The first kappa shape index (κ1) is 21.5. The summed E-state index contributed by atoms with van der Waals surface area (Å²) in [6.07, 6.45) is 0.391. The largest absolute Gasteiger partial charge is 0.355 e. The maximum Gasteiger partial charge on any atom is 0.221 e. The minimum absolute atomic E-state index is 0. The molecule has 0 saturated carbocycles. The predicted molar refractivity (Wildman–Crippen MR) is 88.5 cm³/mol. The molecule has 0 radical (unpaired) electrons. The Hall–Kier alpha value is -0.810. The number of carbonyl (C=O) groups is 1. The number of nitrogens with two attached hydrogens (primary N) is 1. The van der Waals surface area contributed by atoms with Gasteiger partial charge >= 0.3 is 0 Å². The molecule has 0 aliphatic heterocycles. The molecule has 1 amide bonds. The summed E-state index contributed by atoms with van der Waals surface area (Å²) in [6, 6.07) is 10.2. The van der Waals surface area contributed by atoms with Gasteiger partial charge in [0.15, 0.2) is 0 Å². The third kappa shape index (κ3) is 10.0. The summed E-state index contributed by atoms with van der Waals surface area (Å²) in [5, 5.41) is 2.87. The highest BCUT2D eigenvalue weighted by atomic mass is 35.5. The van der Waals surface area contributed by atoms with Crippen LogP contribution in [0, 0.1) is 0 Å². The third-order valence-corrected chi connectivity index (χ3v) is 2.62. The zero-order chi connectivity index (χ0) is 13.4. The number of nitrogens with zero attached hydrogens (tertiary/aromatic N) is 1. The van der Waals surface area contributed by atoms with E-state index in [9.17, 15) is 4.79 Å². The van der Waals surface area contributed by atoms with Crippen LogP contribution in [0.1, 0.15) is 18.9 Å². The standard InChI is InChI=1S/C14H23N3O.2ClH/c1-12(15)10-14(18)16-8-9-17(2)11-13-6-4-3-5-7-13;;/h3-7,12H,8-11,15H2,1-2H3,(H,16,18);2*1H. The molecule has 0 aliphatic rings. The van der Waals surface area contributed by atoms with E-state index in [4.69, 9.17) is 5.73 Å². The lowest BCUT2D eigenvalue weighted by atomic mass is 10.2. The highest BCUT2D eigenvalue weighted by Crippen LogP contribution is 2.01. The Morgan fingerprint density at radius 2 is 1.90 bits per heavy atom. The van der Waals surface area contributed by atoms with Crippen LogP contribution in [-0.2, 0) is 11.3 Å². The minimum atomic E-state index is -0.0768. The second kappa shape index (κ2) is 12.0. The van der Waals surface area contributed by atoms with Gasteiger partial charge in [-0.2, -0.15) is 0 Å². The molecular formula is C14H25Cl2N3O. The second-order valence-corrected chi connectivity index (χ2v) is 4.75. The lowest BCUT2D eigenvalue weighted by Gasteiger charge is -2.17. The number of carbonyl (C=O) groups excluding carboxylic acids is 1. The monoisotopic (exact) mass is 321 g/mol. The van der Waals surface area contributed by atoms with Crippen LogP contribution in [0.5, 0.6) is 0 Å². The summed E-state index contributed by atoms with van der Waals surface area (Å²) >= 11 is 0. The van der Waals surface area contributed by atoms with Crippen molar-refractivity contribution in [3.05, 3.63) is 35.9 Å². The average Bonchev–Trinajstić information content (AvgIpc) is 2.29. The zero-order valence-electron chi connectivity index (χ0n) is 12.0. The van der Waals surface area contributed by atoms with Crippen molar-refractivity contribution in [1.82, 2.24) is 10.2 Å². The molecule has 6 heteroatoms. The molecule has 1 rings (SSSR count). The van der Waals surface area contributed by atoms with Gasteiger partial charge in [-0.1, -0.05) is 30.3 Å². The second-order valence-electron chi connectivity index (χ2n) is 4.75. The van der Waals surface area contributed by atoms with Crippen LogP contribution in [-0.4, -0.2) is 37.0 Å². The maximum absolute atomic E-state index is 11.4. The normalized spacial score (nSPS) is 11.2. The number of amides is 1. The highest BCUT2D eigenvalue weighted by molar-refractivity contribution is 5.85. The molecule has 0 fully saturated rings. The molecule has 1 aromatic carbocycles. The van der Waals surface area contributed by atoms with E-state index in [0.29, 0.717) is 13.0 Å². The number of rotatable bonds is 7. The van der Waals surface area contributed by atoms with Crippen LogP contribution >= 0.6 is 24.8 Å².